The maximum absolute atomic E-state index is 10.4. The minimum absolute atomic E-state index is 0.278. The maximum Gasteiger partial charge on any atom is 0.490 e. The molecule has 80 valence electrons. The van der Waals surface area contributed by atoms with Crippen LogP contribution in [0.15, 0.2) is 6.33 Å². The van der Waals surface area contributed by atoms with Gasteiger partial charge in [0.05, 0.1) is 6.04 Å². The highest BCUT2D eigenvalue weighted by Crippen LogP contribution is 2.35. The summed E-state index contributed by atoms with van der Waals surface area (Å²) in [7, 11) is 0. The number of piperidine rings is 1. The molecule has 0 saturated carbocycles. The highest BCUT2D eigenvalue weighted by molar-refractivity contribution is 5.01. The summed E-state index contributed by atoms with van der Waals surface area (Å²) < 4.78 is 1.65. The monoisotopic (exact) mass is 209 g/mol. The zero-order valence-electron chi connectivity index (χ0n) is 8.11. The van der Waals surface area contributed by atoms with E-state index in [0.29, 0.717) is 5.92 Å². The Bertz CT molecular complexity index is 403. The van der Waals surface area contributed by atoms with E-state index < -0.39 is 4.92 Å². The molecule has 2 aliphatic rings. The molecule has 0 aliphatic carbocycles. The zero-order valence-corrected chi connectivity index (χ0v) is 8.11. The fourth-order valence-electron chi connectivity index (χ4n) is 2.56. The van der Waals surface area contributed by atoms with E-state index in [-0.39, 0.29) is 12.0 Å². The third kappa shape index (κ3) is 1.30. The van der Waals surface area contributed by atoms with Crippen molar-refractivity contribution in [3.05, 3.63) is 16.4 Å². The van der Waals surface area contributed by atoms with Crippen LogP contribution in [0.25, 0.3) is 0 Å². The Morgan fingerprint density at radius 1 is 1.53 bits per heavy atom. The number of hydrogen-bond donors (Lipinski definition) is 0. The first-order valence-electron chi connectivity index (χ1n) is 5.02. The first-order valence-corrected chi connectivity index (χ1v) is 5.02. The largest absolute Gasteiger partial charge is 0.490 e. The average Bonchev–Trinajstić information content (AvgIpc) is 2.93. The van der Waals surface area contributed by atoms with E-state index >= 15 is 0 Å². The van der Waals surface area contributed by atoms with Gasteiger partial charge in [0.15, 0.2) is 0 Å². The standard InChI is InChI=1S/C8H11N5O2/c14-13(15)8-9-5-12(10-8)7-4-11-2-1-6(7)3-11/h5-7H,1-4H2/t6-,7+/m0/s1. The molecular formula is C8H11N5O2. The zero-order chi connectivity index (χ0) is 10.4. The minimum Gasteiger partial charge on any atom is -0.390 e. The molecule has 0 aromatic carbocycles. The lowest BCUT2D eigenvalue weighted by Crippen LogP contribution is -2.26. The maximum atomic E-state index is 10.4. The van der Waals surface area contributed by atoms with Crippen LogP contribution in [0.1, 0.15) is 12.5 Å². The van der Waals surface area contributed by atoms with Crippen molar-refractivity contribution in [3.63, 3.8) is 0 Å². The van der Waals surface area contributed by atoms with E-state index in [1.807, 2.05) is 0 Å². The van der Waals surface area contributed by atoms with Crippen molar-refractivity contribution in [3.8, 4) is 0 Å². The van der Waals surface area contributed by atoms with Gasteiger partial charge in [0.2, 0.25) is 6.33 Å². The van der Waals surface area contributed by atoms with E-state index in [1.54, 1.807) is 4.68 Å². The van der Waals surface area contributed by atoms with E-state index in [4.69, 9.17) is 0 Å². The number of rotatable bonds is 2. The Kier molecular flexibility index (Phi) is 1.75. The smallest absolute Gasteiger partial charge is 0.390 e. The van der Waals surface area contributed by atoms with Crippen molar-refractivity contribution in [1.29, 1.82) is 0 Å². The second-order valence-electron chi connectivity index (χ2n) is 4.16. The van der Waals surface area contributed by atoms with E-state index in [1.165, 1.54) is 12.7 Å². The SMILES string of the molecule is O=[N+]([O-])c1ncn([C@@H]2CN3CC[C@H]2C3)n1. The van der Waals surface area contributed by atoms with Crippen molar-refractivity contribution in [2.75, 3.05) is 19.6 Å². The molecule has 2 fully saturated rings. The molecule has 2 bridgehead atoms. The van der Waals surface area contributed by atoms with Gasteiger partial charge in [0, 0.05) is 18.2 Å². The normalized spacial score (nSPS) is 33.5. The number of fused-ring (bicyclic) bond motifs is 2. The predicted octanol–water partition coefficient (Wildman–Crippen LogP) is 0.0629. The molecule has 7 heteroatoms. The van der Waals surface area contributed by atoms with Gasteiger partial charge in [-0.05, 0) is 23.8 Å². The summed E-state index contributed by atoms with van der Waals surface area (Å²) in [5, 5.41) is 14.3. The lowest BCUT2D eigenvalue weighted by atomic mass is 10.0. The van der Waals surface area contributed by atoms with Crippen LogP contribution in [0, 0.1) is 16.0 Å². The highest BCUT2D eigenvalue weighted by Gasteiger charge is 2.41. The van der Waals surface area contributed by atoms with Crippen LogP contribution >= 0.6 is 0 Å². The molecular weight excluding hydrogens is 198 g/mol. The van der Waals surface area contributed by atoms with Gasteiger partial charge in [-0.2, -0.15) is 4.68 Å². The number of nitrogens with zero attached hydrogens (tertiary/aromatic N) is 5. The Morgan fingerprint density at radius 2 is 2.40 bits per heavy atom. The molecule has 2 saturated heterocycles. The Hall–Kier alpha value is -1.50. The summed E-state index contributed by atoms with van der Waals surface area (Å²) in [5.41, 5.74) is 0. The molecule has 0 N–H and O–H groups in total. The second-order valence-corrected chi connectivity index (χ2v) is 4.16. The van der Waals surface area contributed by atoms with Crippen LogP contribution in [0.2, 0.25) is 0 Å². The molecule has 2 aliphatic heterocycles. The molecule has 0 radical (unpaired) electrons. The van der Waals surface area contributed by atoms with Gasteiger partial charge < -0.3 is 15.0 Å². The lowest BCUT2D eigenvalue weighted by Gasteiger charge is -2.19. The van der Waals surface area contributed by atoms with Crippen LogP contribution in [0.3, 0.4) is 0 Å². The molecule has 1 unspecified atom stereocenters. The Labute approximate surface area is 85.8 Å². The first kappa shape index (κ1) is 8.78. The van der Waals surface area contributed by atoms with Crippen LogP contribution < -0.4 is 0 Å². The van der Waals surface area contributed by atoms with Crippen molar-refractivity contribution >= 4 is 5.95 Å². The van der Waals surface area contributed by atoms with Crippen molar-refractivity contribution in [1.82, 2.24) is 19.7 Å². The second kappa shape index (κ2) is 2.99. The van der Waals surface area contributed by atoms with Crippen LogP contribution in [-0.4, -0.2) is 44.2 Å². The first-order chi connectivity index (χ1) is 7.24. The molecule has 15 heavy (non-hydrogen) atoms. The average molecular weight is 209 g/mol. The predicted molar refractivity (Wildman–Crippen MR) is 50.3 cm³/mol. The van der Waals surface area contributed by atoms with Crippen LogP contribution in [0.4, 0.5) is 5.95 Å². The topological polar surface area (TPSA) is 77.1 Å². The molecule has 3 heterocycles. The number of hydrogen-bond acceptors (Lipinski definition) is 5. The third-order valence-electron chi connectivity index (χ3n) is 3.30. The van der Waals surface area contributed by atoms with Crippen molar-refractivity contribution in [2.24, 2.45) is 5.92 Å². The van der Waals surface area contributed by atoms with E-state index in [0.717, 1.165) is 19.6 Å². The van der Waals surface area contributed by atoms with E-state index in [2.05, 4.69) is 15.0 Å². The molecule has 1 aromatic heterocycles. The lowest BCUT2D eigenvalue weighted by molar-refractivity contribution is -0.394. The fraction of sp³-hybridized carbons (Fsp3) is 0.750. The summed E-state index contributed by atoms with van der Waals surface area (Å²) in [6.07, 6.45) is 2.64. The van der Waals surface area contributed by atoms with E-state index in [9.17, 15) is 10.1 Å². The minimum atomic E-state index is -0.552. The van der Waals surface area contributed by atoms with Crippen molar-refractivity contribution < 1.29 is 4.92 Å². The summed E-state index contributed by atoms with van der Waals surface area (Å²) >= 11 is 0. The Morgan fingerprint density at radius 3 is 2.93 bits per heavy atom. The summed E-state index contributed by atoms with van der Waals surface area (Å²) in [4.78, 5) is 15.9. The molecule has 1 aromatic rings. The summed E-state index contributed by atoms with van der Waals surface area (Å²) in [5.74, 6) is 0.291. The van der Waals surface area contributed by atoms with Crippen molar-refractivity contribution in [2.45, 2.75) is 12.5 Å². The van der Waals surface area contributed by atoms with Crippen LogP contribution in [-0.2, 0) is 0 Å². The fourth-order valence-corrected chi connectivity index (χ4v) is 2.56. The quantitative estimate of drug-likeness (QED) is 0.508. The highest BCUT2D eigenvalue weighted by atomic mass is 16.6. The third-order valence-corrected chi connectivity index (χ3v) is 3.30. The van der Waals surface area contributed by atoms with Gasteiger partial charge in [0.25, 0.3) is 0 Å². The number of nitro groups is 1. The molecule has 7 nitrogen and oxygen atoms in total. The molecule has 3 atom stereocenters. The van der Waals surface area contributed by atoms with Gasteiger partial charge in [-0.3, -0.25) is 0 Å². The van der Waals surface area contributed by atoms with Gasteiger partial charge >= 0.3 is 5.95 Å². The molecule has 3 rings (SSSR count). The van der Waals surface area contributed by atoms with Gasteiger partial charge in [-0.15, -0.1) is 0 Å². The molecule has 0 amide bonds. The Balaban J connectivity index is 1.84. The summed E-state index contributed by atoms with van der Waals surface area (Å²) in [6.45, 7) is 3.20. The number of aromatic nitrogens is 3. The van der Waals surface area contributed by atoms with Gasteiger partial charge in [0.1, 0.15) is 0 Å². The van der Waals surface area contributed by atoms with Gasteiger partial charge in [-0.25, -0.2) is 0 Å². The summed E-state index contributed by atoms with van der Waals surface area (Å²) in [6, 6.07) is 0.278. The van der Waals surface area contributed by atoms with Crippen LogP contribution in [0.5, 0.6) is 0 Å². The van der Waals surface area contributed by atoms with Gasteiger partial charge in [-0.1, -0.05) is 4.98 Å². The molecule has 0 spiro atoms.